The first-order valence-corrected chi connectivity index (χ1v) is 10.8. The van der Waals surface area contributed by atoms with Crippen molar-refractivity contribution in [2.45, 2.75) is 18.9 Å². The Morgan fingerprint density at radius 3 is 2.54 bits per heavy atom. The molecule has 0 radical (unpaired) electrons. The van der Waals surface area contributed by atoms with Gasteiger partial charge < -0.3 is 4.90 Å². The summed E-state index contributed by atoms with van der Waals surface area (Å²) in [6.07, 6.45) is 7.19. The van der Waals surface area contributed by atoms with Crippen LogP contribution in [0, 0.1) is 0 Å². The number of piperidine rings is 1. The van der Waals surface area contributed by atoms with Crippen LogP contribution in [0.5, 0.6) is 0 Å². The molecule has 2 fully saturated rings. The van der Waals surface area contributed by atoms with Crippen LogP contribution in [0.1, 0.15) is 18.4 Å². The normalized spacial score (nSPS) is 22.0. The van der Waals surface area contributed by atoms with Crippen LogP contribution in [0.3, 0.4) is 0 Å². The van der Waals surface area contributed by atoms with Crippen molar-refractivity contribution in [2.75, 3.05) is 50.7 Å². The number of hydrogen-bond donors (Lipinski definition) is 0. The third-order valence-corrected chi connectivity index (χ3v) is 6.19. The largest absolute Gasteiger partial charge is 0.369 e. The van der Waals surface area contributed by atoms with Crippen LogP contribution >= 0.6 is 11.6 Å². The number of nitrogens with zero attached hydrogens (tertiary/aromatic N) is 3. The number of halogens is 1. The number of piperazine rings is 1. The van der Waals surface area contributed by atoms with Gasteiger partial charge in [-0.15, -0.1) is 0 Å². The summed E-state index contributed by atoms with van der Waals surface area (Å²) in [6.45, 7) is 7.92. The molecule has 4 heteroatoms. The molecule has 0 spiro atoms. The quantitative estimate of drug-likeness (QED) is 0.730. The fraction of sp³-hybridized carbons (Fsp3) is 0.417. The van der Waals surface area contributed by atoms with E-state index in [4.69, 9.17) is 11.6 Å². The monoisotopic (exact) mass is 395 g/mol. The van der Waals surface area contributed by atoms with Gasteiger partial charge in [0.25, 0.3) is 0 Å². The van der Waals surface area contributed by atoms with Gasteiger partial charge in [-0.1, -0.05) is 60.2 Å². The molecule has 2 aliphatic rings. The minimum Gasteiger partial charge on any atom is -0.369 e. The van der Waals surface area contributed by atoms with Crippen LogP contribution in [0.15, 0.2) is 60.7 Å². The van der Waals surface area contributed by atoms with Gasteiger partial charge in [0.2, 0.25) is 0 Å². The van der Waals surface area contributed by atoms with Crippen molar-refractivity contribution in [3.63, 3.8) is 0 Å². The molecule has 0 saturated carbocycles. The summed E-state index contributed by atoms with van der Waals surface area (Å²) in [5.74, 6) is 0. The zero-order valence-corrected chi connectivity index (χ0v) is 17.3. The molecule has 2 heterocycles. The van der Waals surface area contributed by atoms with Gasteiger partial charge >= 0.3 is 0 Å². The summed E-state index contributed by atoms with van der Waals surface area (Å²) < 4.78 is 0. The summed E-state index contributed by atoms with van der Waals surface area (Å²) in [5, 5.41) is 0.825. The average Bonchev–Trinajstić information content (AvgIpc) is 2.75. The van der Waals surface area contributed by atoms with Gasteiger partial charge in [-0.25, -0.2) is 0 Å². The van der Waals surface area contributed by atoms with E-state index in [0.29, 0.717) is 6.04 Å². The highest BCUT2D eigenvalue weighted by atomic mass is 35.5. The van der Waals surface area contributed by atoms with Crippen LogP contribution in [-0.2, 0) is 0 Å². The fourth-order valence-corrected chi connectivity index (χ4v) is 4.60. The lowest BCUT2D eigenvalue weighted by atomic mass is 10.0. The highest BCUT2D eigenvalue weighted by molar-refractivity contribution is 6.30. The summed E-state index contributed by atoms with van der Waals surface area (Å²) in [7, 11) is 0. The molecule has 28 heavy (non-hydrogen) atoms. The molecule has 0 bridgehead atoms. The first-order valence-electron chi connectivity index (χ1n) is 10.5. The Labute approximate surface area is 174 Å². The lowest BCUT2D eigenvalue weighted by molar-refractivity contribution is 0.0991. The molecule has 2 aromatic carbocycles. The Morgan fingerprint density at radius 2 is 1.75 bits per heavy atom. The molecular formula is C24H30ClN3. The molecule has 0 N–H and O–H groups in total. The predicted molar refractivity (Wildman–Crippen MR) is 120 cm³/mol. The highest BCUT2D eigenvalue weighted by Crippen LogP contribution is 2.23. The van der Waals surface area contributed by atoms with E-state index in [1.165, 1.54) is 37.2 Å². The summed E-state index contributed by atoms with van der Waals surface area (Å²) >= 11 is 6.16. The second-order valence-electron chi connectivity index (χ2n) is 7.87. The van der Waals surface area contributed by atoms with Gasteiger partial charge in [0.1, 0.15) is 0 Å². The van der Waals surface area contributed by atoms with Crippen molar-refractivity contribution < 1.29 is 0 Å². The standard InChI is InChI=1S/C24H30ClN3/c25-22-10-4-11-23(19-22)27-15-17-28(18-16-27)24-12-6-14-26(20-24)13-5-9-21-7-2-1-3-8-21/h1-5,7-11,19,24H,6,12-18,20H2. The lowest BCUT2D eigenvalue weighted by Gasteiger charge is -2.43. The minimum atomic E-state index is 0.695. The lowest BCUT2D eigenvalue weighted by Crippen LogP contribution is -2.55. The first-order chi connectivity index (χ1) is 13.8. The molecule has 2 aromatic rings. The third kappa shape index (κ3) is 5.16. The van der Waals surface area contributed by atoms with Crippen molar-refractivity contribution in [1.82, 2.24) is 9.80 Å². The third-order valence-electron chi connectivity index (χ3n) is 5.96. The van der Waals surface area contributed by atoms with Gasteiger partial charge in [-0.3, -0.25) is 9.80 Å². The predicted octanol–water partition coefficient (Wildman–Crippen LogP) is 4.64. The Hall–Kier alpha value is -1.81. The van der Waals surface area contributed by atoms with Gasteiger partial charge in [0.05, 0.1) is 0 Å². The highest BCUT2D eigenvalue weighted by Gasteiger charge is 2.27. The molecule has 148 valence electrons. The van der Waals surface area contributed by atoms with Gasteiger partial charge in [0, 0.05) is 56.0 Å². The number of benzene rings is 2. The van der Waals surface area contributed by atoms with Gasteiger partial charge in [-0.05, 0) is 43.1 Å². The Bertz CT molecular complexity index is 768. The van der Waals surface area contributed by atoms with Crippen LogP contribution in [-0.4, -0.2) is 61.7 Å². The van der Waals surface area contributed by atoms with Crippen molar-refractivity contribution in [3.8, 4) is 0 Å². The average molecular weight is 396 g/mol. The van der Waals surface area contributed by atoms with Crippen molar-refractivity contribution >= 4 is 23.4 Å². The smallest absolute Gasteiger partial charge is 0.0426 e. The molecule has 1 atom stereocenters. The van der Waals surface area contributed by atoms with E-state index in [1.807, 2.05) is 12.1 Å². The Balaban J connectivity index is 1.26. The number of likely N-dealkylation sites (tertiary alicyclic amines) is 1. The molecule has 0 aliphatic carbocycles. The van der Waals surface area contributed by atoms with Crippen LogP contribution in [0.2, 0.25) is 5.02 Å². The van der Waals surface area contributed by atoms with E-state index in [9.17, 15) is 0 Å². The van der Waals surface area contributed by atoms with Gasteiger partial charge in [-0.2, -0.15) is 0 Å². The number of rotatable bonds is 5. The molecule has 4 rings (SSSR count). The van der Waals surface area contributed by atoms with E-state index in [2.05, 4.69) is 69.3 Å². The summed E-state index contributed by atoms with van der Waals surface area (Å²) in [5.41, 5.74) is 2.54. The van der Waals surface area contributed by atoms with E-state index in [0.717, 1.165) is 37.7 Å². The van der Waals surface area contributed by atoms with E-state index in [1.54, 1.807) is 0 Å². The Morgan fingerprint density at radius 1 is 0.929 bits per heavy atom. The molecule has 3 nitrogen and oxygen atoms in total. The van der Waals surface area contributed by atoms with Crippen molar-refractivity contribution in [2.24, 2.45) is 0 Å². The second kappa shape index (κ2) is 9.60. The molecular weight excluding hydrogens is 366 g/mol. The van der Waals surface area contributed by atoms with Gasteiger partial charge in [0.15, 0.2) is 0 Å². The topological polar surface area (TPSA) is 9.72 Å². The van der Waals surface area contributed by atoms with Crippen molar-refractivity contribution in [1.29, 1.82) is 0 Å². The molecule has 2 aliphatic heterocycles. The molecule has 0 amide bonds. The van der Waals surface area contributed by atoms with Crippen LogP contribution < -0.4 is 4.90 Å². The van der Waals surface area contributed by atoms with E-state index < -0.39 is 0 Å². The fourth-order valence-electron chi connectivity index (χ4n) is 4.42. The zero-order valence-electron chi connectivity index (χ0n) is 16.5. The Kier molecular flexibility index (Phi) is 6.69. The maximum absolute atomic E-state index is 6.16. The van der Waals surface area contributed by atoms with Crippen LogP contribution in [0.4, 0.5) is 5.69 Å². The number of hydrogen-bond acceptors (Lipinski definition) is 3. The maximum atomic E-state index is 6.16. The second-order valence-corrected chi connectivity index (χ2v) is 8.31. The minimum absolute atomic E-state index is 0.695. The first kappa shape index (κ1) is 19.5. The summed E-state index contributed by atoms with van der Waals surface area (Å²) in [4.78, 5) is 7.77. The van der Waals surface area contributed by atoms with Crippen LogP contribution in [0.25, 0.3) is 6.08 Å². The zero-order chi connectivity index (χ0) is 19.2. The van der Waals surface area contributed by atoms with E-state index in [-0.39, 0.29) is 0 Å². The number of anilines is 1. The molecule has 2 saturated heterocycles. The van der Waals surface area contributed by atoms with Crippen molar-refractivity contribution in [3.05, 3.63) is 71.3 Å². The van der Waals surface area contributed by atoms with E-state index >= 15 is 0 Å². The summed E-state index contributed by atoms with van der Waals surface area (Å²) in [6, 6.07) is 19.5. The SMILES string of the molecule is Clc1cccc(N2CCN(C3CCCN(CC=Cc4ccccc4)C3)CC2)c1. The maximum Gasteiger partial charge on any atom is 0.0426 e. The molecule has 0 aromatic heterocycles. The molecule has 1 unspecified atom stereocenters.